The number of carbonyl (C=O) groups excluding carboxylic acids is 1. The van der Waals surface area contributed by atoms with Gasteiger partial charge < -0.3 is 9.64 Å². The fourth-order valence-corrected chi connectivity index (χ4v) is 1.80. The average Bonchev–Trinajstić information content (AvgIpc) is 2.44. The van der Waals surface area contributed by atoms with Crippen molar-refractivity contribution < 1.29 is 22.7 Å². The summed E-state index contributed by atoms with van der Waals surface area (Å²) < 4.78 is 39.9. The van der Waals surface area contributed by atoms with Gasteiger partial charge in [0.2, 0.25) is 5.91 Å². The van der Waals surface area contributed by atoms with Crippen molar-refractivity contribution in [2.24, 2.45) is 0 Å². The number of hydrogen-bond donors (Lipinski definition) is 0. The Balaban J connectivity index is 2.51. The molecule has 1 amide bonds. The van der Waals surface area contributed by atoms with Crippen LogP contribution in [0.15, 0.2) is 24.3 Å². The summed E-state index contributed by atoms with van der Waals surface area (Å²) in [6.07, 6.45) is -3.82. The molecule has 0 heterocycles. The first-order valence-electron chi connectivity index (χ1n) is 6.70. The average molecular weight is 314 g/mol. The van der Waals surface area contributed by atoms with E-state index in [2.05, 4.69) is 4.74 Å². The maximum Gasteiger partial charge on any atom is 0.573 e. The number of hydrogen-bond acceptors (Lipinski definition) is 3. The normalized spacial score (nSPS) is 12.4. The minimum absolute atomic E-state index is 0.113. The van der Waals surface area contributed by atoms with Crippen LogP contribution in [-0.4, -0.2) is 30.3 Å². The lowest BCUT2D eigenvalue weighted by Crippen LogP contribution is -2.34. The molecule has 0 radical (unpaired) electrons. The van der Waals surface area contributed by atoms with Crippen molar-refractivity contribution in [2.75, 3.05) is 7.05 Å². The second kappa shape index (κ2) is 7.69. The van der Waals surface area contributed by atoms with Crippen molar-refractivity contribution in [1.82, 2.24) is 4.90 Å². The number of amides is 1. The number of halogens is 3. The lowest BCUT2D eigenvalue weighted by molar-refractivity contribution is -0.274. The van der Waals surface area contributed by atoms with Crippen LogP contribution in [0.4, 0.5) is 13.2 Å². The van der Waals surface area contributed by atoms with Crippen molar-refractivity contribution in [1.29, 1.82) is 5.26 Å². The number of aryl methyl sites for hydroxylation is 1. The van der Waals surface area contributed by atoms with E-state index < -0.39 is 6.36 Å². The summed E-state index contributed by atoms with van der Waals surface area (Å²) in [4.78, 5) is 13.4. The molecule has 1 unspecified atom stereocenters. The van der Waals surface area contributed by atoms with Crippen LogP contribution in [0.1, 0.15) is 25.3 Å². The van der Waals surface area contributed by atoms with E-state index in [1.165, 1.54) is 29.2 Å². The summed E-state index contributed by atoms with van der Waals surface area (Å²) in [6.45, 7) is 1.78. The molecule has 0 aromatic heterocycles. The minimum Gasteiger partial charge on any atom is -0.406 e. The molecule has 1 atom stereocenters. The molecule has 1 aromatic rings. The summed E-state index contributed by atoms with van der Waals surface area (Å²) in [7, 11) is 1.63. The fourth-order valence-electron chi connectivity index (χ4n) is 1.80. The molecule has 1 aromatic carbocycles. The second-order valence-corrected chi connectivity index (χ2v) is 4.91. The van der Waals surface area contributed by atoms with Crippen molar-refractivity contribution in [3.63, 3.8) is 0 Å². The summed E-state index contributed by atoms with van der Waals surface area (Å²) in [6, 6.07) is 7.26. The van der Waals surface area contributed by atoms with E-state index in [1.54, 1.807) is 14.0 Å². The first-order valence-corrected chi connectivity index (χ1v) is 6.70. The van der Waals surface area contributed by atoms with Crippen LogP contribution >= 0.6 is 0 Å². The van der Waals surface area contributed by atoms with Crippen molar-refractivity contribution in [3.8, 4) is 11.8 Å². The van der Waals surface area contributed by atoms with Crippen molar-refractivity contribution >= 4 is 5.91 Å². The molecule has 120 valence electrons. The van der Waals surface area contributed by atoms with Gasteiger partial charge in [-0.1, -0.05) is 12.1 Å². The Hall–Kier alpha value is -2.23. The highest BCUT2D eigenvalue weighted by Crippen LogP contribution is 2.23. The molecule has 0 saturated carbocycles. The fraction of sp³-hybridized carbons (Fsp3) is 0.467. The van der Waals surface area contributed by atoms with Crippen LogP contribution < -0.4 is 4.74 Å². The SMILES string of the molecule is CC(CC#N)N(C)C(=O)CCc1ccc(OC(F)(F)F)cc1. The molecule has 0 N–H and O–H groups in total. The lowest BCUT2D eigenvalue weighted by atomic mass is 10.1. The molecule has 0 fully saturated rings. The molecule has 1 rings (SSSR count). The Morgan fingerprint density at radius 1 is 1.36 bits per heavy atom. The Bertz CT molecular complexity index is 535. The van der Waals surface area contributed by atoms with E-state index in [0.29, 0.717) is 6.42 Å². The predicted molar refractivity (Wildman–Crippen MR) is 73.9 cm³/mol. The van der Waals surface area contributed by atoms with Crippen LogP contribution in [0.25, 0.3) is 0 Å². The number of ether oxygens (including phenoxy) is 1. The number of benzene rings is 1. The third-order valence-corrected chi connectivity index (χ3v) is 3.23. The lowest BCUT2D eigenvalue weighted by Gasteiger charge is -2.22. The maximum atomic E-state index is 12.0. The van der Waals surface area contributed by atoms with Crippen molar-refractivity contribution in [3.05, 3.63) is 29.8 Å². The van der Waals surface area contributed by atoms with Gasteiger partial charge in [0, 0.05) is 19.5 Å². The Morgan fingerprint density at radius 2 is 1.95 bits per heavy atom. The zero-order valence-electron chi connectivity index (χ0n) is 12.4. The van der Waals surface area contributed by atoms with E-state index in [0.717, 1.165) is 5.56 Å². The highest BCUT2D eigenvalue weighted by atomic mass is 19.4. The Labute approximate surface area is 127 Å². The van der Waals surface area contributed by atoms with Gasteiger partial charge in [0.15, 0.2) is 0 Å². The molecule has 22 heavy (non-hydrogen) atoms. The topological polar surface area (TPSA) is 53.3 Å². The Morgan fingerprint density at radius 3 is 2.45 bits per heavy atom. The summed E-state index contributed by atoms with van der Waals surface area (Å²) in [5.41, 5.74) is 0.740. The zero-order valence-corrected chi connectivity index (χ0v) is 12.4. The van der Waals surface area contributed by atoms with Crippen LogP contribution in [0.5, 0.6) is 5.75 Å². The van der Waals surface area contributed by atoms with Gasteiger partial charge >= 0.3 is 6.36 Å². The summed E-state index contributed by atoms with van der Waals surface area (Å²) in [5, 5.41) is 8.60. The van der Waals surface area contributed by atoms with Crippen molar-refractivity contribution in [2.45, 2.75) is 38.6 Å². The van der Waals surface area contributed by atoms with Gasteiger partial charge in [-0.2, -0.15) is 5.26 Å². The molecule has 0 saturated heterocycles. The van der Waals surface area contributed by atoms with Gasteiger partial charge in [-0.25, -0.2) is 0 Å². The van der Waals surface area contributed by atoms with Gasteiger partial charge in [-0.15, -0.1) is 13.2 Å². The van der Waals surface area contributed by atoms with Gasteiger partial charge in [0.05, 0.1) is 12.5 Å². The number of nitrogens with zero attached hydrogens (tertiary/aromatic N) is 2. The van der Waals surface area contributed by atoms with E-state index in [-0.39, 0.29) is 30.5 Å². The first-order chi connectivity index (χ1) is 10.2. The molecule has 0 aliphatic rings. The molecular formula is C15H17F3N2O2. The van der Waals surface area contributed by atoms with E-state index in [1.807, 2.05) is 6.07 Å². The Kier molecular flexibility index (Phi) is 6.23. The smallest absolute Gasteiger partial charge is 0.406 e. The third-order valence-electron chi connectivity index (χ3n) is 3.23. The van der Waals surface area contributed by atoms with E-state index in [9.17, 15) is 18.0 Å². The number of rotatable bonds is 6. The zero-order chi connectivity index (χ0) is 16.8. The quantitative estimate of drug-likeness (QED) is 0.809. The largest absolute Gasteiger partial charge is 0.573 e. The summed E-state index contributed by atoms with van der Waals surface area (Å²) >= 11 is 0. The molecule has 0 aliphatic heterocycles. The monoisotopic (exact) mass is 314 g/mol. The molecule has 0 aliphatic carbocycles. The predicted octanol–water partition coefficient (Wildman–Crippen LogP) is 3.28. The van der Waals surface area contributed by atoms with Crippen LogP contribution in [-0.2, 0) is 11.2 Å². The van der Waals surface area contributed by atoms with E-state index >= 15 is 0 Å². The molecule has 4 nitrogen and oxygen atoms in total. The highest BCUT2D eigenvalue weighted by Gasteiger charge is 2.30. The molecule has 0 spiro atoms. The van der Waals surface area contributed by atoms with Crippen LogP contribution in [0, 0.1) is 11.3 Å². The summed E-state index contributed by atoms with van der Waals surface area (Å²) in [5.74, 6) is -0.402. The molecule has 7 heteroatoms. The second-order valence-electron chi connectivity index (χ2n) is 4.91. The molecular weight excluding hydrogens is 297 g/mol. The maximum absolute atomic E-state index is 12.0. The minimum atomic E-state index is -4.71. The van der Waals surface area contributed by atoms with Crippen LogP contribution in [0.2, 0.25) is 0 Å². The number of alkyl halides is 3. The van der Waals surface area contributed by atoms with E-state index in [4.69, 9.17) is 5.26 Å². The number of carbonyl (C=O) groups is 1. The van der Waals surface area contributed by atoms with Gasteiger partial charge in [0.1, 0.15) is 5.75 Å². The number of nitriles is 1. The van der Waals surface area contributed by atoms with Crippen LogP contribution in [0.3, 0.4) is 0 Å². The third kappa shape index (κ3) is 6.04. The van der Waals surface area contributed by atoms with Gasteiger partial charge in [0.25, 0.3) is 0 Å². The molecule has 0 bridgehead atoms. The van der Waals surface area contributed by atoms with Gasteiger partial charge in [-0.3, -0.25) is 4.79 Å². The van der Waals surface area contributed by atoms with Gasteiger partial charge in [-0.05, 0) is 31.0 Å². The standard InChI is InChI=1S/C15H17F3N2O2/c1-11(9-10-19)20(2)14(21)8-5-12-3-6-13(7-4-12)22-15(16,17)18/h3-4,6-7,11H,5,8-9H2,1-2H3. The highest BCUT2D eigenvalue weighted by molar-refractivity contribution is 5.76. The first kappa shape index (κ1) is 17.8.